The molecule has 0 spiro atoms. The molecule has 1 aromatic carbocycles. The number of rotatable bonds is 1. The standard InChI is InChI=1S/C8H8.C2H4O2S/c1-2-8-6-4-3-5-7-8;1-2(3)4-5/h2-7H,1H2;5H,1H3. The summed E-state index contributed by atoms with van der Waals surface area (Å²) in [6, 6.07) is 10.0. The van der Waals surface area contributed by atoms with E-state index in [9.17, 15) is 4.79 Å². The maximum absolute atomic E-state index is 9.51. The molecule has 0 aliphatic heterocycles. The highest BCUT2D eigenvalue weighted by Crippen LogP contribution is 1.97. The monoisotopic (exact) mass is 196 g/mol. The number of thiol groups is 1. The molecule has 0 atom stereocenters. The molecule has 0 heterocycles. The molecule has 0 aliphatic rings. The molecule has 0 radical (unpaired) electrons. The summed E-state index contributed by atoms with van der Waals surface area (Å²) in [6.07, 6.45) is 1.83. The first-order chi connectivity index (χ1) is 6.20. The maximum Gasteiger partial charge on any atom is 0.314 e. The zero-order valence-corrected chi connectivity index (χ0v) is 8.33. The zero-order chi connectivity index (χ0) is 10.1. The first-order valence-corrected chi connectivity index (χ1v) is 4.06. The van der Waals surface area contributed by atoms with E-state index in [1.54, 1.807) is 0 Å². The molecule has 13 heavy (non-hydrogen) atoms. The number of benzene rings is 1. The van der Waals surface area contributed by atoms with E-state index in [4.69, 9.17) is 0 Å². The van der Waals surface area contributed by atoms with Crippen LogP contribution in [0.15, 0.2) is 36.9 Å². The highest BCUT2D eigenvalue weighted by molar-refractivity contribution is 7.75. The summed E-state index contributed by atoms with van der Waals surface area (Å²) in [6.45, 7) is 4.92. The van der Waals surface area contributed by atoms with Gasteiger partial charge in [-0.15, -0.1) is 0 Å². The van der Waals surface area contributed by atoms with Crippen molar-refractivity contribution in [3.63, 3.8) is 0 Å². The van der Waals surface area contributed by atoms with Gasteiger partial charge in [0.15, 0.2) is 0 Å². The lowest BCUT2D eigenvalue weighted by molar-refractivity contribution is -0.130. The molecule has 0 bridgehead atoms. The molecule has 0 aliphatic carbocycles. The minimum Gasteiger partial charge on any atom is -0.395 e. The molecule has 0 unspecified atom stereocenters. The first-order valence-electron chi connectivity index (χ1n) is 3.70. The average Bonchev–Trinajstić information content (AvgIpc) is 2.20. The van der Waals surface area contributed by atoms with Gasteiger partial charge in [0.1, 0.15) is 0 Å². The minimum atomic E-state index is -0.381. The molecule has 1 aromatic rings. The zero-order valence-electron chi connectivity index (χ0n) is 7.43. The summed E-state index contributed by atoms with van der Waals surface area (Å²) in [4.78, 5) is 9.51. The summed E-state index contributed by atoms with van der Waals surface area (Å²) in [5, 5.41) is 0. The Morgan fingerprint density at radius 3 is 2.15 bits per heavy atom. The van der Waals surface area contributed by atoms with E-state index in [0.29, 0.717) is 0 Å². The minimum absolute atomic E-state index is 0.381. The van der Waals surface area contributed by atoms with Crippen LogP contribution in [0.2, 0.25) is 0 Å². The Morgan fingerprint density at radius 2 is 1.92 bits per heavy atom. The summed E-state index contributed by atoms with van der Waals surface area (Å²) in [5.41, 5.74) is 1.17. The number of carbonyl (C=O) groups excluding carboxylic acids is 1. The summed E-state index contributed by atoms with van der Waals surface area (Å²) >= 11 is 3.17. The quantitative estimate of drug-likeness (QED) is 0.552. The molecule has 0 saturated heterocycles. The number of carbonyl (C=O) groups is 1. The fourth-order valence-electron chi connectivity index (χ4n) is 0.589. The van der Waals surface area contributed by atoms with Crippen LogP contribution in [-0.2, 0) is 8.98 Å². The van der Waals surface area contributed by atoms with Gasteiger partial charge < -0.3 is 4.18 Å². The Kier molecular flexibility index (Phi) is 6.73. The van der Waals surface area contributed by atoms with Crippen LogP contribution in [0.3, 0.4) is 0 Å². The van der Waals surface area contributed by atoms with Crippen molar-refractivity contribution < 1.29 is 8.98 Å². The van der Waals surface area contributed by atoms with Gasteiger partial charge in [0.25, 0.3) is 0 Å². The predicted molar refractivity (Wildman–Crippen MR) is 57.3 cm³/mol. The van der Waals surface area contributed by atoms with Crippen LogP contribution in [0.4, 0.5) is 0 Å². The molecule has 0 fully saturated rings. The van der Waals surface area contributed by atoms with E-state index in [1.807, 2.05) is 36.4 Å². The average molecular weight is 196 g/mol. The Bertz CT molecular complexity index is 257. The smallest absolute Gasteiger partial charge is 0.314 e. The van der Waals surface area contributed by atoms with Crippen molar-refractivity contribution in [3.8, 4) is 0 Å². The molecule has 2 nitrogen and oxygen atoms in total. The molecule has 1 rings (SSSR count). The molecule has 0 amide bonds. The van der Waals surface area contributed by atoms with Gasteiger partial charge in [-0.05, 0) is 5.56 Å². The summed E-state index contributed by atoms with van der Waals surface area (Å²) < 4.78 is 3.81. The third-order valence-corrected chi connectivity index (χ3v) is 1.42. The van der Waals surface area contributed by atoms with Crippen molar-refractivity contribution >= 4 is 25.0 Å². The van der Waals surface area contributed by atoms with Crippen molar-refractivity contribution in [2.45, 2.75) is 6.92 Å². The van der Waals surface area contributed by atoms with Crippen LogP contribution >= 0.6 is 12.9 Å². The second-order valence-electron chi connectivity index (χ2n) is 2.20. The Hall–Kier alpha value is -1.22. The van der Waals surface area contributed by atoms with E-state index in [2.05, 4.69) is 23.7 Å². The van der Waals surface area contributed by atoms with Gasteiger partial charge in [0, 0.05) is 19.8 Å². The van der Waals surface area contributed by atoms with Crippen molar-refractivity contribution in [2.24, 2.45) is 0 Å². The van der Waals surface area contributed by atoms with Crippen molar-refractivity contribution in [1.29, 1.82) is 0 Å². The predicted octanol–water partition coefficient (Wildman–Crippen LogP) is 2.72. The van der Waals surface area contributed by atoms with Crippen LogP contribution in [0.5, 0.6) is 0 Å². The van der Waals surface area contributed by atoms with Gasteiger partial charge in [-0.25, -0.2) is 0 Å². The van der Waals surface area contributed by atoms with Crippen LogP contribution in [0.1, 0.15) is 12.5 Å². The van der Waals surface area contributed by atoms with Crippen LogP contribution < -0.4 is 0 Å². The van der Waals surface area contributed by atoms with Gasteiger partial charge in [-0.1, -0.05) is 43.0 Å². The third-order valence-electron chi connectivity index (χ3n) is 1.16. The maximum atomic E-state index is 9.51. The second kappa shape index (κ2) is 7.43. The molecule has 0 aromatic heterocycles. The fourth-order valence-corrected chi connectivity index (χ4v) is 0.589. The summed E-state index contributed by atoms with van der Waals surface area (Å²) in [5.74, 6) is -0.381. The SMILES string of the molecule is C=Cc1ccccc1.CC(=O)OS. The molecule has 0 N–H and O–H groups in total. The van der Waals surface area contributed by atoms with Crippen molar-refractivity contribution in [3.05, 3.63) is 42.5 Å². The van der Waals surface area contributed by atoms with Crippen molar-refractivity contribution in [1.82, 2.24) is 0 Å². The lowest BCUT2D eigenvalue weighted by Gasteiger charge is -1.85. The van der Waals surface area contributed by atoms with Gasteiger partial charge in [-0.2, -0.15) is 0 Å². The van der Waals surface area contributed by atoms with E-state index < -0.39 is 0 Å². The first kappa shape index (κ1) is 11.8. The third kappa shape index (κ3) is 7.15. The van der Waals surface area contributed by atoms with Crippen molar-refractivity contribution in [2.75, 3.05) is 0 Å². The lowest BCUT2D eigenvalue weighted by atomic mass is 10.2. The fraction of sp³-hybridized carbons (Fsp3) is 0.100. The van der Waals surface area contributed by atoms with Crippen LogP contribution in [0.25, 0.3) is 6.08 Å². The Balaban J connectivity index is 0.000000252. The summed E-state index contributed by atoms with van der Waals surface area (Å²) in [7, 11) is 0. The van der Waals surface area contributed by atoms with E-state index >= 15 is 0 Å². The topological polar surface area (TPSA) is 26.3 Å². The lowest BCUT2D eigenvalue weighted by Crippen LogP contribution is -1.82. The molecule has 3 heteroatoms. The van der Waals surface area contributed by atoms with Gasteiger partial charge in [0.05, 0.1) is 0 Å². The largest absolute Gasteiger partial charge is 0.395 e. The number of hydrogen-bond acceptors (Lipinski definition) is 3. The van der Waals surface area contributed by atoms with Gasteiger partial charge in [-0.3, -0.25) is 4.79 Å². The van der Waals surface area contributed by atoms with Gasteiger partial charge >= 0.3 is 5.97 Å². The molecule has 0 saturated carbocycles. The van der Waals surface area contributed by atoms with E-state index in [-0.39, 0.29) is 5.97 Å². The Morgan fingerprint density at radius 1 is 1.46 bits per heavy atom. The number of hydrogen-bond donors (Lipinski definition) is 1. The molecular weight excluding hydrogens is 184 g/mol. The van der Waals surface area contributed by atoms with Crippen LogP contribution in [-0.4, -0.2) is 5.97 Å². The normalized spacial score (nSPS) is 7.85. The van der Waals surface area contributed by atoms with Crippen LogP contribution in [0, 0.1) is 0 Å². The van der Waals surface area contributed by atoms with E-state index in [0.717, 1.165) is 0 Å². The highest BCUT2D eigenvalue weighted by atomic mass is 32.1. The van der Waals surface area contributed by atoms with E-state index in [1.165, 1.54) is 12.5 Å². The van der Waals surface area contributed by atoms with Gasteiger partial charge in [0.2, 0.25) is 0 Å². The molecular formula is C10H12O2S. The second-order valence-corrected chi connectivity index (χ2v) is 2.38. The highest BCUT2D eigenvalue weighted by Gasteiger charge is 1.77. The molecule has 70 valence electrons. The Labute approximate surface area is 83.8 Å².